The number of carbonyl (C=O) groups is 2. The van der Waals surface area contributed by atoms with Gasteiger partial charge in [-0.25, -0.2) is 4.79 Å². The molecule has 178 valence electrons. The molecule has 0 spiro atoms. The number of rotatable bonds is 11. The number of carbonyl (C=O) groups excluding carboxylic acids is 2. The minimum Gasteiger partial charge on any atom is -0.450 e. The topological polar surface area (TPSA) is 135 Å². The standard InChI is InChI=1S/C23H31N5O5/c1-5-33-23(30)27-18(12-15(2)3)14-25-22(29)17-9-10-20(21(13-17)28(31)32)26-16(4)19-8-6-7-11-24-19/h6-11,13,15-16,18,26H,5,12,14H2,1-4H3,(H,25,29)(H,27,30). The normalized spacial score (nSPS) is 12.5. The molecule has 10 heteroatoms. The highest BCUT2D eigenvalue weighted by molar-refractivity contribution is 5.95. The molecule has 0 fully saturated rings. The molecule has 2 aromatic rings. The van der Waals surface area contributed by atoms with Crippen LogP contribution in [-0.2, 0) is 4.74 Å². The second kappa shape index (κ2) is 12.4. The van der Waals surface area contributed by atoms with Crippen molar-refractivity contribution in [3.63, 3.8) is 0 Å². The first-order valence-electron chi connectivity index (χ1n) is 10.9. The Balaban J connectivity index is 2.10. The molecule has 0 saturated carbocycles. The zero-order valence-corrected chi connectivity index (χ0v) is 19.3. The first-order valence-corrected chi connectivity index (χ1v) is 10.9. The molecule has 0 aliphatic carbocycles. The summed E-state index contributed by atoms with van der Waals surface area (Å²) in [6, 6.07) is 9.12. The van der Waals surface area contributed by atoms with Crippen LogP contribution in [0.5, 0.6) is 0 Å². The SMILES string of the molecule is CCOC(=O)NC(CNC(=O)c1ccc(NC(C)c2ccccn2)c([N+](=O)[O-])c1)CC(C)C. The van der Waals surface area contributed by atoms with Crippen LogP contribution in [0.2, 0.25) is 0 Å². The smallest absolute Gasteiger partial charge is 0.407 e. The Morgan fingerprint density at radius 2 is 1.94 bits per heavy atom. The number of nitro benzene ring substituents is 1. The summed E-state index contributed by atoms with van der Waals surface area (Å²) in [6.45, 7) is 7.97. The number of hydrogen-bond acceptors (Lipinski definition) is 7. The van der Waals surface area contributed by atoms with E-state index >= 15 is 0 Å². The average molecular weight is 458 g/mol. The minimum absolute atomic E-state index is 0.150. The van der Waals surface area contributed by atoms with E-state index in [0.717, 1.165) is 5.69 Å². The third kappa shape index (κ3) is 8.06. The molecule has 3 N–H and O–H groups in total. The van der Waals surface area contributed by atoms with Gasteiger partial charge in [0.25, 0.3) is 11.6 Å². The highest BCUT2D eigenvalue weighted by Crippen LogP contribution is 2.29. The number of amides is 2. The van der Waals surface area contributed by atoms with Gasteiger partial charge < -0.3 is 20.7 Å². The molecule has 0 aliphatic heterocycles. The van der Waals surface area contributed by atoms with Crippen molar-refractivity contribution in [2.75, 3.05) is 18.5 Å². The van der Waals surface area contributed by atoms with E-state index in [1.165, 1.54) is 18.2 Å². The average Bonchev–Trinajstić information content (AvgIpc) is 2.77. The maximum Gasteiger partial charge on any atom is 0.407 e. The number of anilines is 1. The Morgan fingerprint density at radius 1 is 1.18 bits per heavy atom. The van der Waals surface area contributed by atoms with Gasteiger partial charge in [0, 0.05) is 30.4 Å². The van der Waals surface area contributed by atoms with Gasteiger partial charge in [0.2, 0.25) is 0 Å². The summed E-state index contributed by atoms with van der Waals surface area (Å²) in [5.74, 6) is -0.191. The largest absolute Gasteiger partial charge is 0.450 e. The van der Waals surface area contributed by atoms with E-state index in [0.29, 0.717) is 6.42 Å². The molecular weight excluding hydrogens is 426 g/mol. The molecular formula is C23H31N5O5. The molecule has 2 atom stereocenters. The number of pyridine rings is 1. The summed E-state index contributed by atoms with van der Waals surface area (Å²) in [7, 11) is 0. The predicted octanol–water partition coefficient (Wildman–Crippen LogP) is 4.05. The zero-order chi connectivity index (χ0) is 24.4. The maximum absolute atomic E-state index is 12.7. The van der Waals surface area contributed by atoms with Crippen LogP contribution < -0.4 is 16.0 Å². The molecule has 2 rings (SSSR count). The molecule has 0 radical (unpaired) electrons. The quantitative estimate of drug-likeness (QED) is 0.342. The summed E-state index contributed by atoms with van der Waals surface area (Å²) in [5, 5.41) is 20.2. The molecule has 0 saturated heterocycles. The highest BCUT2D eigenvalue weighted by Gasteiger charge is 2.21. The van der Waals surface area contributed by atoms with Crippen molar-refractivity contribution in [2.24, 2.45) is 5.92 Å². The van der Waals surface area contributed by atoms with Crippen molar-refractivity contribution < 1.29 is 19.2 Å². The summed E-state index contributed by atoms with van der Waals surface area (Å²) in [5.41, 5.74) is 0.959. The summed E-state index contributed by atoms with van der Waals surface area (Å²) < 4.78 is 4.92. The molecule has 0 aliphatic rings. The number of nitrogens with one attached hydrogen (secondary N) is 3. The third-order valence-electron chi connectivity index (χ3n) is 4.82. The monoisotopic (exact) mass is 457 g/mol. The first-order chi connectivity index (χ1) is 15.7. The zero-order valence-electron chi connectivity index (χ0n) is 19.3. The van der Waals surface area contributed by atoms with Gasteiger partial charge in [-0.05, 0) is 50.5 Å². The number of ether oxygens (including phenoxy) is 1. The Hall–Kier alpha value is -3.69. The van der Waals surface area contributed by atoms with E-state index < -0.39 is 16.9 Å². The van der Waals surface area contributed by atoms with Gasteiger partial charge in [0.15, 0.2) is 0 Å². The number of nitro groups is 1. The Bertz CT molecular complexity index is 952. The second-order valence-electron chi connectivity index (χ2n) is 8.01. The second-order valence-corrected chi connectivity index (χ2v) is 8.01. The van der Waals surface area contributed by atoms with Crippen molar-refractivity contribution in [1.82, 2.24) is 15.6 Å². The van der Waals surface area contributed by atoms with Gasteiger partial charge in [-0.2, -0.15) is 0 Å². The fourth-order valence-electron chi connectivity index (χ4n) is 3.31. The summed E-state index contributed by atoms with van der Waals surface area (Å²) in [6.07, 6.45) is 1.73. The van der Waals surface area contributed by atoms with E-state index in [2.05, 4.69) is 20.9 Å². The first kappa shape index (κ1) is 25.6. The van der Waals surface area contributed by atoms with Crippen molar-refractivity contribution in [1.29, 1.82) is 0 Å². The van der Waals surface area contributed by atoms with E-state index in [-0.39, 0.29) is 48.1 Å². The lowest BCUT2D eigenvalue weighted by atomic mass is 10.0. The van der Waals surface area contributed by atoms with E-state index in [1.54, 1.807) is 19.2 Å². The minimum atomic E-state index is -0.550. The van der Waals surface area contributed by atoms with Crippen molar-refractivity contribution in [3.05, 3.63) is 64.0 Å². The van der Waals surface area contributed by atoms with Gasteiger partial charge in [-0.15, -0.1) is 0 Å². The lowest BCUT2D eigenvalue weighted by Crippen LogP contribution is -2.44. The van der Waals surface area contributed by atoms with Crippen molar-refractivity contribution in [2.45, 2.75) is 46.2 Å². The summed E-state index contributed by atoms with van der Waals surface area (Å²) >= 11 is 0. The molecule has 10 nitrogen and oxygen atoms in total. The van der Waals surface area contributed by atoms with Crippen molar-refractivity contribution in [3.8, 4) is 0 Å². The van der Waals surface area contributed by atoms with Crippen LogP contribution in [0.1, 0.15) is 56.2 Å². The number of benzene rings is 1. The van der Waals surface area contributed by atoms with Crippen LogP contribution in [0, 0.1) is 16.0 Å². The van der Waals surface area contributed by atoms with Crippen LogP contribution in [0.3, 0.4) is 0 Å². The van der Waals surface area contributed by atoms with E-state index in [1.807, 2.05) is 32.9 Å². The maximum atomic E-state index is 12.7. The lowest BCUT2D eigenvalue weighted by Gasteiger charge is -2.21. The van der Waals surface area contributed by atoms with Gasteiger partial charge in [0.05, 0.1) is 23.3 Å². The van der Waals surface area contributed by atoms with E-state index in [9.17, 15) is 19.7 Å². The van der Waals surface area contributed by atoms with E-state index in [4.69, 9.17) is 4.74 Å². The number of alkyl carbamates (subject to hydrolysis) is 1. The Labute approximate surface area is 193 Å². The molecule has 1 aromatic heterocycles. The van der Waals surface area contributed by atoms with Gasteiger partial charge in [-0.3, -0.25) is 19.9 Å². The number of hydrogen-bond donors (Lipinski definition) is 3. The van der Waals surface area contributed by atoms with Gasteiger partial charge >= 0.3 is 6.09 Å². The fourth-order valence-corrected chi connectivity index (χ4v) is 3.31. The fraction of sp³-hybridized carbons (Fsp3) is 0.435. The van der Waals surface area contributed by atoms with Gasteiger partial charge in [-0.1, -0.05) is 19.9 Å². The van der Waals surface area contributed by atoms with Crippen LogP contribution in [-0.4, -0.2) is 41.1 Å². The number of nitrogens with zero attached hydrogens (tertiary/aromatic N) is 2. The molecule has 2 unspecified atom stereocenters. The molecule has 33 heavy (non-hydrogen) atoms. The van der Waals surface area contributed by atoms with Crippen LogP contribution >= 0.6 is 0 Å². The highest BCUT2D eigenvalue weighted by atomic mass is 16.6. The molecule has 1 heterocycles. The summed E-state index contributed by atoms with van der Waals surface area (Å²) in [4.78, 5) is 39.8. The molecule has 2 amide bonds. The molecule has 0 bridgehead atoms. The van der Waals surface area contributed by atoms with Crippen LogP contribution in [0.15, 0.2) is 42.6 Å². The Kier molecular flexibility index (Phi) is 9.59. The van der Waals surface area contributed by atoms with Gasteiger partial charge in [0.1, 0.15) is 5.69 Å². The third-order valence-corrected chi connectivity index (χ3v) is 4.82. The van der Waals surface area contributed by atoms with Crippen LogP contribution in [0.4, 0.5) is 16.2 Å². The number of aromatic nitrogens is 1. The predicted molar refractivity (Wildman–Crippen MR) is 125 cm³/mol. The van der Waals surface area contributed by atoms with Crippen molar-refractivity contribution >= 4 is 23.4 Å². The Morgan fingerprint density at radius 3 is 2.55 bits per heavy atom. The van der Waals surface area contributed by atoms with Crippen LogP contribution in [0.25, 0.3) is 0 Å². The molecule has 1 aromatic carbocycles. The lowest BCUT2D eigenvalue weighted by molar-refractivity contribution is -0.384.